The highest BCUT2D eigenvalue weighted by molar-refractivity contribution is 5.94. The van der Waals surface area contributed by atoms with E-state index in [-0.39, 0.29) is 37.7 Å². The van der Waals surface area contributed by atoms with Crippen LogP contribution in [-0.4, -0.2) is 77.0 Å². The number of hydrogen-bond donors (Lipinski definition) is 9. The lowest BCUT2D eigenvalue weighted by Crippen LogP contribution is -2.57. The zero-order valence-electron chi connectivity index (χ0n) is 25.0. The molecule has 1 aromatic carbocycles. The highest BCUT2D eigenvalue weighted by atomic mass is 16.4. The summed E-state index contributed by atoms with van der Waals surface area (Å²) in [5.74, 6) is -3.37. The van der Waals surface area contributed by atoms with Gasteiger partial charge in [-0.15, -0.1) is 0 Å². The largest absolute Gasteiger partial charge is 0.480 e. The van der Waals surface area contributed by atoms with Crippen molar-refractivity contribution in [2.75, 3.05) is 13.1 Å². The first-order valence-electron chi connectivity index (χ1n) is 14.7. The number of nitrogens with one attached hydrogen (secondary N) is 4. The molecule has 2 aromatic rings. The molecule has 5 atom stereocenters. The molecule has 0 spiro atoms. The van der Waals surface area contributed by atoms with Crippen molar-refractivity contribution >= 4 is 40.6 Å². The van der Waals surface area contributed by atoms with Crippen LogP contribution >= 0.6 is 0 Å². The van der Waals surface area contributed by atoms with Gasteiger partial charge in [-0.25, -0.2) is 4.79 Å². The van der Waals surface area contributed by atoms with Crippen LogP contribution in [0.5, 0.6) is 0 Å². The molecule has 14 nitrogen and oxygen atoms in total. The van der Waals surface area contributed by atoms with Crippen molar-refractivity contribution in [1.82, 2.24) is 20.9 Å². The summed E-state index contributed by atoms with van der Waals surface area (Å²) in [5.41, 5.74) is 24.5. The van der Waals surface area contributed by atoms with Gasteiger partial charge in [-0.2, -0.15) is 0 Å². The second-order valence-corrected chi connectivity index (χ2v) is 10.7. The van der Waals surface area contributed by atoms with Crippen molar-refractivity contribution in [3.63, 3.8) is 0 Å². The molecule has 0 aliphatic carbocycles. The van der Waals surface area contributed by atoms with Gasteiger partial charge in [0.15, 0.2) is 5.96 Å². The number of carbonyl (C=O) groups is 4. The fraction of sp³-hybridized carbons (Fsp3) is 0.552. The van der Waals surface area contributed by atoms with Gasteiger partial charge < -0.3 is 49.0 Å². The monoisotopic (exact) mass is 601 g/mol. The second kappa shape index (κ2) is 17.7. The lowest BCUT2D eigenvalue weighted by Gasteiger charge is -2.26. The van der Waals surface area contributed by atoms with Crippen LogP contribution in [0.15, 0.2) is 35.5 Å². The van der Waals surface area contributed by atoms with E-state index in [0.717, 1.165) is 16.5 Å². The molecular weight excluding hydrogens is 554 g/mol. The molecule has 0 saturated heterocycles. The second-order valence-electron chi connectivity index (χ2n) is 10.7. The fourth-order valence-corrected chi connectivity index (χ4v) is 4.65. The quantitative estimate of drug-likeness (QED) is 0.0586. The van der Waals surface area contributed by atoms with Gasteiger partial charge >= 0.3 is 5.97 Å². The van der Waals surface area contributed by atoms with Crippen LogP contribution in [0.25, 0.3) is 10.9 Å². The van der Waals surface area contributed by atoms with E-state index >= 15 is 0 Å². The summed E-state index contributed by atoms with van der Waals surface area (Å²) in [5, 5.41) is 18.6. The lowest BCUT2D eigenvalue weighted by atomic mass is 9.98. The molecule has 3 amide bonds. The molecule has 1 heterocycles. The maximum atomic E-state index is 13.5. The molecule has 0 aliphatic heterocycles. The average molecular weight is 602 g/mol. The molecule has 1 aromatic heterocycles. The summed E-state index contributed by atoms with van der Waals surface area (Å²) in [4.78, 5) is 58.8. The number of aromatic amines is 1. The van der Waals surface area contributed by atoms with Gasteiger partial charge in [0.05, 0.1) is 6.04 Å². The van der Waals surface area contributed by atoms with Crippen LogP contribution < -0.4 is 38.9 Å². The SMILES string of the molecule is CCC(C)C(NC(=O)C(CCCCN)NC(=O)C(CCCN=C(N)N)NC(=O)C(N)Cc1c[nH]c2ccccc12)C(=O)O. The number of benzene rings is 1. The number of nitrogens with two attached hydrogens (primary N) is 4. The van der Waals surface area contributed by atoms with Gasteiger partial charge in [-0.1, -0.05) is 38.5 Å². The Balaban J connectivity index is 2.19. The molecule has 0 fully saturated rings. The zero-order valence-corrected chi connectivity index (χ0v) is 25.0. The normalized spacial score (nSPS) is 14.6. The number of amides is 3. The van der Waals surface area contributed by atoms with E-state index in [4.69, 9.17) is 22.9 Å². The number of unbranched alkanes of at least 4 members (excludes halogenated alkanes) is 1. The highest BCUT2D eigenvalue weighted by Crippen LogP contribution is 2.19. The van der Waals surface area contributed by atoms with E-state index in [1.165, 1.54) is 0 Å². The van der Waals surface area contributed by atoms with Gasteiger partial charge in [0.2, 0.25) is 17.7 Å². The zero-order chi connectivity index (χ0) is 31.9. The predicted octanol–water partition coefficient (Wildman–Crippen LogP) is -0.195. The number of rotatable bonds is 19. The van der Waals surface area contributed by atoms with E-state index < -0.39 is 47.9 Å². The lowest BCUT2D eigenvalue weighted by molar-refractivity contribution is -0.144. The standard InChI is InChI=1S/C29H47N9O5/c1-3-17(2)24(28(42)43)38-27(41)22(11-6-7-13-30)37-26(40)23(12-8-14-34-29(32)33)36-25(39)20(31)15-18-16-35-21-10-5-4-9-19(18)21/h4-5,9-10,16-17,20,22-24,35H,3,6-8,11-15,30-31H2,1-2H3,(H,36,39)(H,37,40)(H,38,41)(H,42,43)(H4,32,33,34). The third kappa shape index (κ3) is 11.2. The Morgan fingerprint density at radius 1 is 0.953 bits per heavy atom. The molecular formula is C29H47N9O5. The maximum Gasteiger partial charge on any atom is 0.326 e. The van der Waals surface area contributed by atoms with E-state index in [1.54, 1.807) is 13.1 Å². The molecule has 2 rings (SSSR count). The number of para-hydroxylation sites is 1. The highest BCUT2D eigenvalue weighted by Gasteiger charge is 2.31. The first-order chi connectivity index (χ1) is 20.5. The number of hydrogen-bond acceptors (Lipinski definition) is 7. The summed E-state index contributed by atoms with van der Waals surface area (Å²) < 4.78 is 0. The van der Waals surface area contributed by atoms with Gasteiger partial charge in [-0.05, 0) is 62.6 Å². The summed E-state index contributed by atoms with van der Waals surface area (Å²) >= 11 is 0. The van der Waals surface area contributed by atoms with E-state index in [1.807, 2.05) is 31.2 Å². The van der Waals surface area contributed by atoms with Gasteiger partial charge in [-0.3, -0.25) is 19.4 Å². The predicted molar refractivity (Wildman–Crippen MR) is 166 cm³/mol. The molecule has 0 saturated carbocycles. The molecule has 0 radical (unpaired) electrons. The molecule has 43 heavy (non-hydrogen) atoms. The Kier molecular flexibility index (Phi) is 14.4. The van der Waals surface area contributed by atoms with Crippen molar-refractivity contribution in [2.24, 2.45) is 33.8 Å². The number of nitrogens with zero attached hydrogens (tertiary/aromatic N) is 1. The molecule has 13 N–H and O–H groups in total. The topological polar surface area (TPSA) is 257 Å². The number of guanidine groups is 1. The van der Waals surface area contributed by atoms with Crippen molar-refractivity contribution in [2.45, 2.75) is 83.0 Å². The van der Waals surface area contributed by atoms with Crippen molar-refractivity contribution in [3.8, 4) is 0 Å². The first kappa shape index (κ1) is 35.0. The molecule has 238 valence electrons. The van der Waals surface area contributed by atoms with Crippen molar-refractivity contribution in [1.29, 1.82) is 0 Å². The Labute approximate surface area is 251 Å². The van der Waals surface area contributed by atoms with Crippen LogP contribution in [0.3, 0.4) is 0 Å². The Morgan fingerprint density at radius 3 is 2.21 bits per heavy atom. The third-order valence-electron chi connectivity index (χ3n) is 7.39. The fourth-order valence-electron chi connectivity index (χ4n) is 4.65. The molecule has 0 aliphatic rings. The van der Waals surface area contributed by atoms with Crippen LogP contribution in [0.1, 0.15) is 57.9 Å². The molecule has 0 bridgehead atoms. The minimum absolute atomic E-state index is 0.100. The van der Waals surface area contributed by atoms with Crippen LogP contribution in [-0.2, 0) is 25.6 Å². The minimum Gasteiger partial charge on any atom is -0.480 e. The molecule has 5 unspecified atom stereocenters. The molecule has 14 heteroatoms. The smallest absolute Gasteiger partial charge is 0.326 e. The van der Waals surface area contributed by atoms with Crippen LogP contribution in [0.4, 0.5) is 0 Å². The van der Waals surface area contributed by atoms with E-state index in [0.29, 0.717) is 32.2 Å². The number of carboxylic acid groups (broad SMARTS) is 1. The Hall–Kier alpha value is -4.17. The summed E-state index contributed by atoms with van der Waals surface area (Å²) in [6.07, 6.45) is 4.44. The van der Waals surface area contributed by atoms with Gasteiger partial charge in [0, 0.05) is 23.6 Å². The number of aliphatic imine (C=N–C) groups is 1. The van der Waals surface area contributed by atoms with Gasteiger partial charge in [0.25, 0.3) is 0 Å². The first-order valence-corrected chi connectivity index (χ1v) is 14.7. The van der Waals surface area contributed by atoms with E-state index in [2.05, 4.69) is 25.9 Å². The summed E-state index contributed by atoms with van der Waals surface area (Å²) in [7, 11) is 0. The number of H-pyrrole nitrogens is 1. The number of fused-ring (bicyclic) bond motifs is 1. The van der Waals surface area contributed by atoms with Crippen LogP contribution in [0.2, 0.25) is 0 Å². The number of carbonyl (C=O) groups excluding carboxylic acids is 3. The van der Waals surface area contributed by atoms with Gasteiger partial charge in [0.1, 0.15) is 18.1 Å². The Bertz CT molecular complexity index is 1240. The number of aromatic nitrogens is 1. The van der Waals surface area contributed by atoms with Crippen molar-refractivity contribution < 1.29 is 24.3 Å². The summed E-state index contributed by atoms with van der Waals surface area (Å²) in [6, 6.07) is 3.47. The minimum atomic E-state index is -1.16. The maximum absolute atomic E-state index is 13.5. The number of carboxylic acids is 1. The summed E-state index contributed by atoms with van der Waals surface area (Å²) in [6.45, 7) is 4.17. The Morgan fingerprint density at radius 2 is 1.58 bits per heavy atom. The third-order valence-corrected chi connectivity index (χ3v) is 7.39. The van der Waals surface area contributed by atoms with Crippen molar-refractivity contribution in [3.05, 3.63) is 36.0 Å². The average Bonchev–Trinajstić information content (AvgIpc) is 3.38. The van der Waals surface area contributed by atoms with E-state index in [9.17, 15) is 24.3 Å². The number of aliphatic carboxylic acids is 1. The van der Waals surface area contributed by atoms with Crippen LogP contribution in [0, 0.1) is 5.92 Å².